The van der Waals surface area contributed by atoms with Gasteiger partial charge in [0.1, 0.15) is 0 Å². The molecule has 0 fully saturated rings. The summed E-state index contributed by atoms with van der Waals surface area (Å²) in [6.45, 7) is 0. The predicted octanol–water partition coefficient (Wildman–Crippen LogP) is 10.8. The van der Waals surface area contributed by atoms with E-state index >= 15 is 0 Å². The van der Waals surface area contributed by atoms with E-state index in [1.165, 1.54) is 75.4 Å². The van der Waals surface area contributed by atoms with Gasteiger partial charge in [-0.2, -0.15) is 0 Å². The van der Waals surface area contributed by atoms with Crippen LogP contribution < -0.4 is 0 Å². The zero-order chi connectivity index (χ0) is 26.9. The van der Waals surface area contributed by atoms with Crippen molar-refractivity contribution in [1.29, 1.82) is 0 Å². The number of hydrogen-bond donors (Lipinski definition) is 0. The fourth-order valence-corrected chi connectivity index (χ4v) is 7.84. The number of rotatable bonds is 3. The van der Waals surface area contributed by atoms with E-state index < -0.39 is 0 Å². The van der Waals surface area contributed by atoms with Gasteiger partial charge in [-0.15, -0.1) is 11.3 Å². The van der Waals surface area contributed by atoms with Crippen LogP contribution in [0.2, 0.25) is 0 Å². The van der Waals surface area contributed by atoms with E-state index in [1.54, 1.807) is 0 Å². The van der Waals surface area contributed by atoms with Crippen molar-refractivity contribution in [3.63, 3.8) is 0 Å². The Morgan fingerprint density at radius 1 is 0.463 bits per heavy atom. The first kappa shape index (κ1) is 22.7. The molecule has 0 saturated heterocycles. The molecule has 0 radical (unpaired) electrons. The van der Waals surface area contributed by atoms with E-state index in [1.807, 2.05) is 11.3 Å². The summed E-state index contributed by atoms with van der Waals surface area (Å²) in [4.78, 5) is 0. The molecule has 0 N–H and O–H groups in total. The third kappa shape index (κ3) is 3.30. The number of hydrogen-bond acceptors (Lipinski definition) is 1. The molecule has 0 saturated carbocycles. The summed E-state index contributed by atoms with van der Waals surface area (Å²) in [6.07, 6.45) is 2.18. The molecule has 6 aromatic carbocycles. The smallest absolute Gasteiger partial charge is 0.0640 e. The molecule has 9 aromatic rings. The second kappa shape index (κ2) is 8.69. The van der Waals surface area contributed by atoms with Gasteiger partial charge in [0.05, 0.1) is 26.9 Å². The van der Waals surface area contributed by atoms with Gasteiger partial charge in [-0.05, 0) is 53.6 Å². The summed E-state index contributed by atoms with van der Waals surface area (Å²) in [7, 11) is 0. The Hall–Kier alpha value is -5.12. The molecule has 0 aliphatic carbocycles. The molecule has 0 unspecified atom stereocenters. The maximum absolute atomic E-state index is 2.48. The molecule has 0 aliphatic rings. The van der Waals surface area contributed by atoms with Crippen molar-refractivity contribution in [2.75, 3.05) is 0 Å². The number of fused-ring (bicyclic) bond motifs is 7. The molecule has 0 bridgehead atoms. The second-order valence-electron chi connectivity index (χ2n) is 10.6. The minimum Gasteiger partial charge on any atom is -0.317 e. The lowest BCUT2D eigenvalue weighted by atomic mass is 10.0. The van der Waals surface area contributed by atoms with E-state index in [0.717, 1.165) is 0 Å². The minimum absolute atomic E-state index is 1.18. The summed E-state index contributed by atoms with van der Waals surface area (Å²) in [6, 6.07) is 50.6. The highest BCUT2D eigenvalue weighted by atomic mass is 32.1. The fourth-order valence-electron chi connectivity index (χ4n) is 6.50. The normalized spacial score (nSPS) is 11.9. The van der Waals surface area contributed by atoms with Gasteiger partial charge in [0.25, 0.3) is 0 Å². The van der Waals surface area contributed by atoms with E-state index in [0.29, 0.717) is 0 Å². The van der Waals surface area contributed by atoms with Crippen LogP contribution in [0.15, 0.2) is 146 Å². The Kier molecular flexibility index (Phi) is 4.80. The molecule has 0 amide bonds. The summed E-state index contributed by atoms with van der Waals surface area (Å²) in [5, 5.41) is 6.40. The van der Waals surface area contributed by atoms with Gasteiger partial charge in [0, 0.05) is 43.5 Å². The van der Waals surface area contributed by atoms with Gasteiger partial charge >= 0.3 is 0 Å². The van der Waals surface area contributed by atoms with Crippen molar-refractivity contribution in [3.05, 3.63) is 146 Å². The standard InChI is InChI=1S/C38H24N2S/c1-3-11-25(12-4-1)28-16-9-17-30-31-18-10-20-34(38(31)41-37(28)30)40-33-19-8-7-15-29(33)32-24-35-26(23-36(32)40)21-22-39(35)27-13-5-2-6-14-27/h1-24H. The molecule has 3 heteroatoms. The van der Waals surface area contributed by atoms with Crippen LogP contribution in [0.25, 0.3) is 75.4 Å². The first-order valence-electron chi connectivity index (χ1n) is 13.9. The molecule has 192 valence electrons. The van der Waals surface area contributed by atoms with Gasteiger partial charge in [0.15, 0.2) is 0 Å². The van der Waals surface area contributed by atoms with Crippen molar-refractivity contribution < 1.29 is 0 Å². The van der Waals surface area contributed by atoms with Crippen LogP contribution in [0.4, 0.5) is 0 Å². The molecule has 0 atom stereocenters. The number of thiophene rings is 1. The Balaban J connectivity index is 1.36. The van der Waals surface area contributed by atoms with Gasteiger partial charge in [0.2, 0.25) is 0 Å². The lowest BCUT2D eigenvalue weighted by Gasteiger charge is -2.10. The highest BCUT2D eigenvalue weighted by molar-refractivity contribution is 7.26. The number of nitrogens with zero attached hydrogens (tertiary/aromatic N) is 2. The maximum atomic E-state index is 2.48. The van der Waals surface area contributed by atoms with E-state index in [9.17, 15) is 0 Å². The van der Waals surface area contributed by atoms with Crippen molar-refractivity contribution >= 4 is 64.2 Å². The summed E-state index contributed by atoms with van der Waals surface area (Å²) in [5.74, 6) is 0. The van der Waals surface area contributed by atoms with Crippen LogP contribution in [-0.2, 0) is 0 Å². The fraction of sp³-hybridized carbons (Fsp3) is 0. The molecular weight excluding hydrogens is 516 g/mol. The van der Waals surface area contributed by atoms with Crippen LogP contribution in [0.3, 0.4) is 0 Å². The first-order valence-corrected chi connectivity index (χ1v) is 14.8. The van der Waals surface area contributed by atoms with E-state index in [-0.39, 0.29) is 0 Å². The predicted molar refractivity (Wildman–Crippen MR) is 176 cm³/mol. The minimum atomic E-state index is 1.18. The highest BCUT2D eigenvalue weighted by Crippen LogP contribution is 2.44. The lowest BCUT2D eigenvalue weighted by molar-refractivity contribution is 1.13. The van der Waals surface area contributed by atoms with E-state index in [4.69, 9.17) is 0 Å². The third-order valence-corrected chi connectivity index (χ3v) is 9.62. The zero-order valence-electron chi connectivity index (χ0n) is 22.2. The van der Waals surface area contributed by atoms with Crippen LogP contribution in [0.1, 0.15) is 0 Å². The Labute approximate surface area is 240 Å². The molecule has 2 nitrogen and oxygen atoms in total. The van der Waals surface area contributed by atoms with Gasteiger partial charge < -0.3 is 9.13 Å². The molecular formula is C38H24N2S. The summed E-state index contributed by atoms with van der Waals surface area (Å²) < 4.78 is 7.42. The van der Waals surface area contributed by atoms with Crippen LogP contribution >= 0.6 is 11.3 Å². The van der Waals surface area contributed by atoms with Crippen molar-refractivity contribution in [2.45, 2.75) is 0 Å². The van der Waals surface area contributed by atoms with Crippen molar-refractivity contribution in [3.8, 4) is 22.5 Å². The Morgan fingerprint density at radius 2 is 1.17 bits per heavy atom. The largest absolute Gasteiger partial charge is 0.317 e. The molecule has 0 spiro atoms. The summed E-state index contributed by atoms with van der Waals surface area (Å²) in [5.41, 5.74) is 8.65. The maximum Gasteiger partial charge on any atom is 0.0640 e. The molecule has 0 aliphatic heterocycles. The first-order chi connectivity index (χ1) is 20.3. The van der Waals surface area contributed by atoms with Crippen LogP contribution in [-0.4, -0.2) is 9.13 Å². The van der Waals surface area contributed by atoms with Gasteiger partial charge in [-0.25, -0.2) is 0 Å². The Morgan fingerprint density at radius 3 is 2.02 bits per heavy atom. The number of aromatic nitrogens is 2. The molecule has 9 rings (SSSR count). The van der Waals surface area contributed by atoms with Crippen molar-refractivity contribution in [2.24, 2.45) is 0 Å². The molecule has 3 heterocycles. The third-order valence-electron chi connectivity index (χ3n) is 8.35. The summed E-state index contributed by atoms with van der Waals surface area (Å²) >= 11 is 1.91. The molecule has 3 aromatic heterocycles. The number of para-hydroxylation sites is 2. The molecule has 41 heavy (non-hydrogen) atoms. The average Bonchev–Trinajstić information content (AvgIpc) is 3.72. The Bertz CT molecular complexity index is 2410. The van der Waals surface area contributed by atoms with Gasteiger partial charge in [-0.3, -0.25) is 0 Å². The topological polar surface area (TPSA) is 9.86 Å². The quantitative estimate of drug-likeness (QED) is 0.211. The van der Waals surface area contributed by atoms with Gasteiger partial charge in [-0.1, -0.05) is 97.1 Å². The van der Waals surface area contributed by atoms with Crippen LogP contribution in [0.5, 0.6) is 0 Å². The SMILES string of the molecule is c1ccc(-c2cccc3c2sc2c(-n4c5ccccc5c5cc6c(ccn6-c6ccccc6)cc54)cccc23)cc1. The monoisotopic (exact) mass is 540 g/mol. The van der Waals surface area contributed by atoms with Crippen molar-refractivity contribution in [1.82, 2.24) is 9.13 Å². The second-order valence-corrected chi connectivity index (χ2v) is 11.6. The van der Waals surface area contributed by atoms with Crippen LogP contribution in [0, 0.1) is 0 Å². The average molecular weight is 541 g/mol. The zero-order valence-corrected chi connectivity index (χ0v) is 23.0. The van der Waals surface area contributed by atoms with E-state index in [2.05, 4.69) is 155 Å². The number of benzene rings is 6. The highest BCUT2D eigenvalue weighted by Gasteiger charge is 2.19. The lowest BCUT2D eigenvalue weighted by Crippen LogP contribution is -1.94.